The summed E-state index contributed by atoms with van der Waals surface area (Å²) in [5.74, 6) is 0.856. The van der Waals surface area contributed by atoms with E-state index in [-0.39, 0.29) is 12.9 Å². The highest BCUT2D eigenvalue weighted by Gasteiger charge is 2.06. The third-order valence-corrected chi connectivity index (χ3v) is 5.48. The van der Waals surface area contributed by atoms with E-state index in [1.165, 1.54) is 55.8 Å². The van der Waals surface area contributed by atoms with Crippen LogP contribution in [0.5, 0.6) is 5.75 Å². The minimum absolute atomic E-state index is 0.0777. The second-order valence-electron chi connectivity index (χ2n) is 7.21. The molecule has 0 heterocycles. The van der Waals surface area contributed by atoms with Crippen molar-refractivity contribution in [3.05, 3.63) is 42.0 Å². The predicted molar refractivity (Wildman–Crippen MR) is 129 cm³/mol. The fraction of sp³-hybridized carbons (Fsp3) is 0.667. The molecule has 0 saturated heterocycles. The number of unbranched alkanes of at least 4 members (excludes halogenated alkanes) is 8. The first-order chi connectivity index (χ1) is 14.3. The fourth-order valence-electron chi connectivity index (χ4n) is 2.99. The number of alkyl halides is 1. The zero-order valence-corrected chi connectivity index (χ0v) is 20.4. The van der Waals surface area contributed by atoms with E-state index in [4.69, 9.17) is 18.9 Å². The predicted octanol–water partition coefficient (Wildman–Crippen LogP) is 6.70. The van der Waals surface area contributed by atoms with E-state index in [9.17, 15) is 0 Å². The molecule has 1 rings (SSSR count). The summed E-state index contributed by atoms with van der Waals surface area (Å²) in [6.45, 7) is 1.35. The first kappa shape index (κ1) is 26.4. The number of methoxy groups -OCH3 is 2. The molecule has 0 aromatic heterocycles. The maximum Gasteiger partial charge on any atom is 0.147 e. The Balaban J connectivity index is 2.15. The van der Waals surface area contributed by atoms with Gasteiger partial charge in [0.1, 0.15) is 18.6 Å². The molecule has 0 unspecified atom stereocenters. The summed E-state index contributed by atoms with van der Waals surface area (Å²) in [5.41, 5.74) is 1.12. The Morgan fingerprint density at radius 3 is 2.17 bits per heavy atom. The fourth-order valence-corrected chi connectivity index (χ4v) is 3.53. The lowest BCUT2D eigenvalue weighted by atomic mass is 10.1. The number of benzene rings is 1. The van der Waals surface area contributed by atoms with Crippen LogP contribution >= 0.6 is 22.6 Å². The third kappa shape index (κ3) is 14.9. The van der Waals surface area contributed by atoms with Crippen molar-refractivity contribution in [2.45, 2.75) is 70.5 Å². The van der Waals surface area contributed by atoms with Gasteiger partial charge in [-0.25, -0.2) is 0 Å². The van der Waals surface area contributed by atoms with Gasteiger partial charge in [0, 0.05) is 7.11 Å². The van der Waals surface area contributed by atoms with Gasteiger partial charge < -0.3 is 18.9 Å². The Hall–Kier alpha value is -0.630. The Morgan fingerprint density at radius 2 is 1.55 bits per heavy atom. The van der Waals surface area contributed by atoms with Crippen molar-refractivity contribution in [2.24, 2.45) is 0 Å². The molecule has 0 N–H and O–H groups in total. The van der Waals surface area contributed by atoms with Gasteiger partial charge in [-0.15, -0.1) is 0 Å². The van der Waals surface area contributed by atoms with Gasteiger partial charge in [0.05, 0.1) is 20.3 Å². The second kappa shape index (κ2) is 19.3. The van der Waals surface area contributed by atoms with E-state index >= 15 is 0 Å². The Labute approximate surface area is 191 Å². The molecule has 0 saturated carbocycles. The smallest absolute Gasteiger partial charge is 0.147 e. The van der Waals surface area contributed by atoms with Crippen LogP contribution in [-0.2, 0) is 20.8 Å². The molecule has 0 spiro atoms. The number of hydrogen-bond donors (Lipinski definition) is 0. The summed E-state index contributed by atoms with van der Waals surface area (Å²) in [6.07, 6.45) is 16.2. The molecule has 1 aromatic carbocycles. The zero-order valence-electron chi connectivity index (χ0n) is 18.2. The van der Waals surface area contributed by atoms with Crippen LogP contribution in [0.1, 0.15) is 63.4 Å². The minimum Gasteiger partial charge on any atom is -0.497 e. The topological polar surface area (TPSA) is 36.9 Å². The molecule has 0 amide bonds. The molecule has 0 radical (unpaired) electrons. The van der Waals surface area contributed by atoms with Crippen molar-refractivity contribution in [1.82, 2.24) is 0 Å². The van der Waals surface area contributed by atoms with E-state index in [1.807, 2.05) is 24.3 Å². The van der Waals surface area contributed by atoms with Crippen molar-refractivity contribution < 1.29 is 18.9 Å². The van der Waals surface area contributed by atoms with Gasteiger partial charge in [-0.05, 0) is 41.4 Å². The second-order valence-corrected chi connectivity index (χ2v) is 8.29. The average molecular weight is 518 g/mol. The highest BCUT2D eigenvalue weighted by atomic mass is 127. The van der Waals surface area contributed by atoms with Crippen LogP contribution in [0.15, 0.2) is 36.4 Å². The van der Waals surface area contributed by atoms with E-state index in [0.29, 0.717) is 13.2 Å². The minimum atomic E-state index is -0.0777. The first-order valence-electron chi connectivity index (χ1n) is 10.8. The lowest BCUT2D eigenvalue weighted by Gasteiger charge is -2.14. The molecule has 166 valence electrons. The molecule has 0 bridgehead atoms. The molecule has 0 aliphatic carbocycles. The van der Waals surface area contributed by atoms with Crippen molar-refractivity contribution in [1.29, 1.82) is 0 Å². The molecule has 1 atom stereocenters. The summed E-state index contributed by atoms with van der Waals surface area (Å²) in [4.78, 5) is 0. The van der Waals surface area contributed by atoms with Gasteiger partial charge in [-0.3, -0.25) is 0 Å². The van der Waals surface area contributed by atoms with Crippen LogP contribution in [0, 0.1) is 0 Å². The van der Waals surface area contributed by atoms with Crippen LogP contribution in [0.3, 0.4) is 0 Å². The lowest BCUT2D eigenvalue weighted by Crippen LogP contribution is -2.18. The maximum absolute atomic E-state index is 5.83. The number of hydrogen-bond acceptors (Lipinski definition) is 4. The van der Waals surface area contributed by atoms with Gasteiger partial charge >= 0.3 is 0 Å². The summed E-state index contributed by atoms with van der Waals surface area (Å²) >= 11 is 2.46. The molecule has 29 heavy (non-hydrogen) atoms. The number of halogens is 1. The normalized spacial score (nSPS) is 12.5. The van der Waals surface area contributed by atoms with E-state index in [2.05, 4.69) is 34.7 Å². The lowest BCUT2D eigenvalue weighted by molar-refractivity contribution is -0.0814. The van der Waals surface area contributed by atoms with Crippen LogP contribution < -0.4 is 4.74 Å². The molecule has 4 nitrogen and oxygen atoms in total. The highest BCUT2D eigenvalue weighted by molar-refractivity contribution is 14.1. The van der Waals surface area contributed by atoms with Crippen LogP contribution in [-0.4, -0.2) is 38.2 Å². The molecule has 0 fully saturated rings. The van der Waals surface area contributed by atoms with Crippen molar-refractivity contribution in [3.63, 3.8) is 0 Å². The van der Waals surface area contributed by atoms with Crippen molar-refractivity contribution >= 4 is 22.6 Å². The average Bonchev–Trinajstić information content (AvgIpc) is 2.75. The quantitative estimate of drug-likeness (QED) is 0.0671. The Kier molecular flexibility index (Phi) is 17.6. The maximum atomic E-state index is 5.83. The number of allylic oxidation sites excluding steroid dienone is 1. The molecule has 0 aliphatic heterocycles. The Morgan fingerprint density at radius 1 is 0.897 bits per heavy atom. The van der Waals surface area contributed by atoms with E-state index < -0.39 is 0 Å². The highest BCUT2D eigenvalue weighted by Crippen LogP contribution is 2.13. The van der Waals surface area contributed by atoms with Crippen molar-refractivity contribution in [2.75, 3.05) is 32.0 Å². The monoisotopic (exact) mass is 518 g/mol. The molecular weight excluding hydrogens is 479 g/mol. The third-order valence-electron chi connectivity index (χ3n) is 4.72. The summed E-state index contributed by atoms with van der Waals surface area (Å²) < 4.78 is 23.1. The molecule has 5 heteroatoms. The van der Waals surface area contributed by atoms with Crippen molar-refractivity contribution in [3.8, 4) is 5.75 Å². The molecule has 1 aromatic rings. The van der Waals surface area contributed by atoms with Crippen LogP contribution in [0.4, 0.5) is 0 Å². The van der Waals surface area contributed by atoms with Gasteiger partial charge in [0.15, 0.2) is 0 Å². The summed E-state index contributed by atoms with van der Waals surface area (Å²) in [5, 5.41) is 0. The SMILES string of the molecule is COCO[C@@H](/C=C/CCCCCCCCCCI)COCc1ccc(OC)cc1. The standard InChI is InChI=1S/C24H39IO4/c1-26-21-29-24(20-28-19-22-14-16-23(27-2)17-15-22)13-11-9-7-5-3-4-6-8-10-12-18-25/h11,13-17,24H,3-10,12,18-21H2,1-2H3/b13-11+/t24-/m0/s1. The zero-order chi connectivity index (χ0) is 21.0. The van der Waals surface area contributed by atoms with Gasteiger partial charge in [-0.2, -0.15) is 0 Å². The largest absolute Gasteiger partial charge is 0.497 e. The van der Waals surface area contributed by atoms with E-state index in [1.54, 1.807) is 14.2 Å². The van der Waals surface area contributed by atoms with Gasteiger partial charge in [0.25, 0.3) is 0 Å². The summed E-state index contributed by atoms with van der Waals surface area (Å²) in [7, 11) is 3.31. The molecular formula is C24H39IO4. The first-order valence-corrected chi connectivity index (χ1v) is 12.4. The van der Waals surface area contributed by atoms with E-state index in [0.717, 1.165) is 17.7 Å². The van der Waals surface area contributed by atoms with Gasteiger partial charge in [0.2, 0.25) is 0 Å². The van der Waals surface area contributed by atoms with Crippen LogP contribution in [0.25, 0.3) is 0 Å². The van der Waals surface area contributed by atoms with Crippen LogP contribution in [0.2, 0.25) is 0 Å². The summed E-state index contributed by atoms with van der Waals surface area (Å²) in [6, 6.07) is 7.93. The number of rotatable bonds is 19. The Bertz CT molecular complexity index is 504. The molecule has 0 aliphatic rings. The van der Waals surface area contributed by atoms with Gasteiger partial charge in [-0.1, -0.05) is 85.4 Å². The number of ether oxygens (including phenoxy) is 4.